The quantitative estimate of drug-likeness (QED) is 0.269. The molecule has 0 saturated carbocycles. The van der Waals surface area contributed by atoms with E-state index in [0.717, 1.165) is 35.5 Å². The molecule has 0 aliphatic carbocycles. The minimum Gasteiger partial charge on any atom is -0.467 e. The number of hydrogen-bond donors (Lipinski definition) is 1. The maximum atomic E-state index is 13.4. The van der Waals surface area contributed by atoms with Crippen LogP contribution in [0.15, 0.2) is 77.4 Å². The molecule has 4 aromatic rings. The zero-order chi connectivity index (χ0) is 25.3. The van der Waals surface area contributed by atoms with Crippen LogP contribution in [-0.4, -0.2) is 45.6 Å². The predicted molar refractivity (Wildman–Crippen MR) is 135 cm³/mol. The van der Waals surface area contributed by atoms with Crippen LogP contribution in [-0.2, 0) is 24.9 Å². The molecule has 2 aromatic heterocycles. The molecular weight excluding hydrogens is 461 g/mol. The van der Waals surface area contributed by atoms with Crippen LogP contribution in [0.25, 0.3) is 11.3 Å². The van der Waals surface area contributed by atoms with Gasteiger partial charge in [0.05, 0.1) is 24.5 Å². The van der Waals surface area contributed by atoms with Crippen molar-refractivity contribution in [3.8, 4) is 22.9 Å². The van der Waals surface area contributed by atoms with Crippen LogP contribution >= 0.6 is 0 Å². The third-order valence-corrected chi connectivity index (χ3v) is 5.69. The smallest absolute Gasteiger partial charge is 0.222 e. The fraction of sp³-hybridized carbons (Fsp3) is 0.321. The lowest BCUT2D eigenvalue weighted by molar-refractivity contribution is 0.00381. The van der Waals surface area contributed by atoms with Gasteiger partial charge >= 0.3 is 0 Å². The Labute approximate surface area is 210 Å². The Balaban J connectivity index is 1.54. The molecule has 1 unspecified atom stereocenters. The lowest BCUT2D eigenvalue weighted by Crippen LogP contribution is -2.35. The van der Waals surface area contributed by atoms with E-state index in [0.29, 0.717) is 31.3 Å². The average molecular weight is 494 g/mol. The fourth-order valence-corrected chi connectivity index (χ4v) is 4.08. The van der Waals surface area contributed by atoms with E-state index < -0.39 is 6.10 Å². The fourth-order valence-electron chi connectivity index (χ4n) is 4.08. The zero-order valence-electron chi connectivity index (χ0n) is 20.6. The van der Waals surface area contributed by atoms with Crippen molar-refractivity contribution in [2.45, 2.75) is 32.6 Å². The summed E-state index contributed by atoms with van der Waals surface area (Å²) in [5, 5.41) is 15.4. The minimum absolute atomic E-state index is 0.193. The van der Waals surface area contributed by atoms with E-state index in [1.54, 1.807) is 23.1 Å². The average Bonchev–Trinajstić information content (AvgIpc) is 3.50. The van der Waals surface area contributed by atoms with E-state index in [1.807, 2.05) is 49.5 Å². The van der Waals surface area contributed by atoms with Gasteiger partial charge in [0.2, 0.25) is 5.88 Å². The second-order valence-corrected chi connectivity index (χ2v) is 8.66. The van der Waals surface area contributed by atoms with E-state index in [9.17, 15) is 9.50 Å². The van der Waals surface area contributed by atoms with Crippen LogP contribution in [0.2, 0.25) is 0 Å². The molecule has 2 aromatic carbocycles. The third-order valence-electron chi connectivity index (χ3n) is 5.69. The standard InChI is InChI=1S/C28H32FN3O4/c1-3-15-32(17-23(33)19-34-20-25-10-7-16-35-25)18-26-27(21-8-5-4-6-9-21)30-31(2)28(26)36-24-13-11-22(29)12-14-24/h4-14,16,23,33H,3,15,17-20H2,1-2H3. The number of nitrogens with zero attached hydrogens (tertiary/aromatic N) is 3. The molecule has 0 aliphatic heterocycles. The van der Waals surface area contributed by atoms with Crippen LogP contribution in [0.1, 0.15) is 24.7 Å². The summed E-state index contributed by atoms with van der Waals surface area (Å²) >= 11 is 0. The number of hydrogen-bond acceptors (Lipinski definition) is 6. The Morgan fingerprint density at radius 2 is 1.86 bits per heavy atom. The van der Waals surface area contributed by atoms with Gasteiger partial charge in [-0.25, -0.2) is 9.07 Å². The van der Waals surface area contributed by atoms with E-state index in [2.05, 4.69) is 11.8 Å². The Morgan fingerprint density at radius 1 is 1.08 bits per heavy atom. The van der Waals surface area contributed by atoms with Gasteiger partial charge in [-0.15, -0.1) is 0 Å². The third kappa shape index (κ3) is 6.81. The molecular formula is C28H32FN3O4. The van der Waals surface area contributed by atoms with Crippen LogP contribution in [0.4, 0.5) is 4.39 Å². The van der Waals surface area contributed by atoms with Gasteiger partial charge in [-0.05, 0) is 49.4 Å². The first-order valence-corrected chi connectivity index (χ1v) is 12.1. The summed E-state index contributed by atoms with van der Waals surface area (Å²) in [4.78, 5) is 2.17. The van der Waals surface area contributed by atoms with Gasteiger partial charge in [0.1, 0.15) is 29.6 Å². The molecule has 0 aliphatic rings. The molecule has 190 valence electrons. The van der Waals surface area contributed by atoms with Crippen molar-refractivity contribution in [2.24, 2.45) is 7.05 Å². The summed E-state index contributed by atoms with van der Waals surface area (Å²) in [5.41, 5.74) is 2.67. The number of halogens is 1. The highest BCUT2D eigenvalue weighted by molar-refractivity contribution is 5.65. The number of aliphatic hydroxyl groups is 1. The molecule has 7 nitrogen and oxygen atoms in total. The van der Waals surface area contributed by atoms with Gasteiger partial charge in [-0.3, -0.25) is 4.90 Å². The highest BCUT2D eigenvalue weighted by Gasteiger charge is 2.23. The van der Waals surface area contributed by atoms with Crippen LogP contribution in [0.5, 0.6) is 11.6 Å². The molecule has 2 heterocycles. The SMILES string of the molecule is CCCN(Cc1c(-c2ccccc2)nn(C)c1Oc1ccc(F)cc1)CC(O)COCc1ccco1. The highest BCUT2D eigenvalue weighted by Crippen LogP contribution is 2.34. The Morgan fingerprint density at radius 3 is 2.56 bits per heavy atom. The van der Waals surface area contributed by atoms with Crippen LogP contribution in [0, 0.1) is 5.82 Å². The molecule has 0 amide bonds. The van der Waals surface area contributed by atoms with E-state index in [4.69, 9.17) is 19.0 Å². The number of furan rings is 1. The van der Waals surface area contributed by atoms with Crippen molar-refractivity contribution in [1.82, 2.24) is 14.7 Å². The maximum Gasteiger partial charge on any atom is 0.222 e. The first-order valence-electron chi connectivity index (χ1n) is 12.1. The second kappa shape index (κ2) is 12.5. The summed E-state index contributed by atoms with van der Waals surface area (Å²) < 4.78 is 32.3. The predicted octanol–water partition coefficient (Wildman–Crippen LogP) is 5.40. The Hall–Kier alpha value is -3.46. The summed E-state index contributed by atoms with van der Waals surface area (Å²) in [7, 11) is 1.83. The lowest BCUT2D eigenvalue weighted by Gasteiger charge is -2.25. The van der Waals surface area contributed by atoms with Crippen molar-refractivity contribution >= 4 is 0 Å². The largest absolute Gasteiger partial charge is 0.467 e. The van der Waals surface area contributed by atoms with Crippen molar-refractivity contribution in [3.05, 3.63) is 90.1 Å². The van der Waals surface area contributed by atoms with E-state index >= 15 is 0 Å². The summed E-state index contributed by atoms with van der Waals surface area (Å²) in [5.74, 6) is 1.49. The number of aromatic nitrogens is 2. The summed E-state index contributed by atoms with van der Waals surface area (Å²) in [6, 6.07) is 19.5. The first kappa shape index (κ1) is 25.6. The van der Waals surface area contributed by atoms with E-state index in [1.165, 1.54) is 12.1 Å². The molecule has 0 saturated heterocycles. The maximum absolute atomic E-state index is 13.4. The Kier molecular flexibility index (Phi) is 8.89. The molecule has 0 fully saturated rings. The van der Waals surface area contributed by atoms with Crippen molar-refractivity contribution in [1.29, 1.82) is 0 Å². The number of rotatable bonds is 13. The van der Waals surface area contributed by atoms with Crippen molar-refractivity contribution < 1.29 is 23.4 Å². The van der Waals surface area contributed by atoms with Crippen LogP contribution in [0.3, 0.4) is 0 Å². The first-order chi connectivity index (χ1) is 17.5. The number of aliphatic hydroxyl groups excluding tert-OH is 1. The second-order valence-electron chi connectivity index (χ2n) is 8.66. The molecule has 0 bridgehead atoms. The monoisotopic (exact) mass is 493 g/mol. The van der Waals surface area contributed by atoms with Crippen molar-refractivity contribution in [2.75, 3.05) is 19.7 Å². The number of aryl methyl sites for hydroxylation is 1. The lowest BCUT2D eigenvalue weighted by atomic mass is 10.1. The van der Waals surface area contributed by atoms with Crippen LogP contribution < -0.4 is 4.74 Å². The molecule has 0 radical (unpaired) electrons. The molecule has 8 heteroatoms. The Bertz CT molecular complexity index is 1190. The topological polar surface area (TPSA) is 72.9 Å². The summed E-state index contributed by atoms with van der Waals surface area (Å²) in [6.07, 6.45) is 1.83. The van der Waals surface area contributed by atoms with Gasteiger partial charge in [0.15, 0.2) is 0 Å². The van der Waals surface area contributed by atoms with Crippen molar-refractivity contribution in [3.63, 3.8) is 0 Å². The molecule has 4 rings (SSSR count). The van der Waals surface area contributed by atoms with E-state index in [-0.39, 0.29) is 12.4 Å². The number of ether oxygens (including phenoxy) is 2. The van der Waals surface area contributed by atoms with Gasteiger partial charge in [0, 0.05) is 25.7 Å². The van der Waals surface area contributed by atoms with Gasteiger partial charge < -0.3 is 19.0 Å². The highest BCUT2D eigenvalue weighted by atomic mass is 19.1. The summed E-state index contributed by atoms with van der Waals surface area (Å²) in [6.45, 7) is 4.31. The van der Waals surface area contributed by atoms with Gasteiger partial charge in [-0.1, -0.05) is 37.3 Å². The molecule has 36 heavy (non-hydrogen) atoms. The molecule has 1 atom stereocenters. The van der Waals surface area contributed by atoms with Gasteiger partial charge in [-0.2, -0.15) is 5.10 Å². The molecule has 0 spiro atoms. The minimum atomic E-state index is -0.676. The zero-order valence-corrected chi connectivity index (χ0v) is 20.6. The normalized spacial score (nSPS) is 12.2. The van der Waals surface area contributed by atoms with Gasteiger partial charge in [0.25, 0.3) is 0 Å². The number of benzene rings is 2. The molecule has 1 N–H and O–H groups in total.